The summed E-state index contributed by atoms with van der Waals surface area (Å²) in [5, 5.41) is 5.67. The highest BCUT2D eigenvalue weighted by molar-refractivity contribution is 6.04. The van der Waals surface area contributed by atoms with Crippen molar-refractivity contribution in [3.05, 3.63) is 54.4 Å². The SMILES string of the molecule is Cl.Cl.NCC1(C(=O)Nc2ccc(C(=O)Nc3cccnc3)cc2)CCOCC1. The summed E-state index contributed by atoms with van der Waals surface area (Å²) in [7, 11) is 0. The van der Waals surface area contributed by atoms with Crippen LogP contribution < -0.4 is 16.4 Å². The van der Waals surface area contributed by atoms with E-state index in [2.05, 4.69) is 15.6 Å². The van der Waals surface area contributed by atoms with Crippen LogP contribution >= 0.6 is 24.8 Å². The predicted molar refractivity (Wildman–Crippen MR) is 113 cm³/mol. The van der Waals surface area contributed by atoms with Crippen LogP contribution in [0.4, 0.5) is 11.4 Å². The Bertz CT molecular complexity index is 767. The maximum Gasteiger partial charge on any atom is 0.255 e. The highest BCUT2D eigenvalue weighted by atomic mass is 35.5. The van der Waals surface area contributed by atoms with Crippen molar-refractivity contribution in [2.24, 2.45) is 11.1 Å². The van der Waals surface area contributed by atoms with Crippen LogP contribution in [0, 0.1) is 5.41 Å². The van der Waals surface area contributed by atoms with Gasteiger partial charge in [-0.2, -0.15) is 0 Å². The van der Waals surface area contributed by atoms with Crippen LogP contribution in [0.1, 0.15) is 23.2 Å². The molecular formula is C19H24Cl2N4O3. The molecule has 4 N–H and O–H groups in total. The fourth-order valence-electron chi connectivity index (χ4n) is 2.89. The van der Waals surface area contributed by atoms with Crippen LogP contribution in [-0.4, -0.2) is 36.6 Å². The van der Waals surface area contributed by atoms with Crippen LogP contribution in [0.5, 0.6) is 0 Å². The van der Waals surface area contributed by atoms with Crippen LogP contribution in [0.15, 0.2) is 48.8 Å². The average molecular weight is 427 g/mol. The smallest absolute Gasteiger partial charge is 0.255 e. The van der Waals surface area contributed by atoms with Crippen LogP contribution in [0.2, 0.25) is 0 Å². The quantitative estimate of drug-likeness (QED) is 0.681. The molecule has 9 heteroatoms. The number of halogens is 2. The van der Waals surface area contributed by atoms with Gasteiger partial charge in [0.05, 0.1) is 17.3 Å². The zero-order chi connectivity index (χ0) is 18.4. The van der Waals surface area contributed by atoms with Gasteiger partial charge in [0, 0.05) is 37.2 Å². The van der Waals surface area contributed by atoms with Crippen molar-refractivity contribution in [3.8, 4) is 0 Å². The maximum atomic E-state index is 12.6. The molecule has 1 fully saturated rings. The van der Waals surface area contributed by atoms with E-state index in [1.165, 1.54) is 0 Å². The molecule has 0 radical (unpaired) electrons. The zero-order valence-corrected chi connectivity index (χ0v) is 16.9. The number of nitrogens with two attached hydrogens (primary N) is 1. The van der Waals surface area contributed by atoms with Crippen LogP contribution in [0.25, 0.3) is 0 Å². The molecule has 1 aromatic carbocycles. The fraction of sp³-hybridized carbons (Fsp3) is 0.316. The second-order valence-corrected chi connectivity index (χ2v) is 6.32. The molecule has 2 aromatic rings. The van der Waals surface area contributed by atoms with Crippen molar-refractivity contribution in [1.29, 1.82) is 0 Å². The van der Waals surface area contributed by atoms with E-state index in [-0.39, 0.29) is 43.2 Å². The first-order valence-electron chi connectivity index (χ1n) is 8.54. The molecule has 0 atom stereocenters. The minimum absolute atomic E-state index is 0. The van der Waals surface area contributed by atoms with Crippen molar-refractivity contribution < 1.29 is 14.3 Å². The third kappa shape index (κ3) is 5.65. The van der Waals surface area contributed by atoms with E-state index in [0.29, 0.717) is 43.0 Å². The second kappa shape index (κ2) is 11.0. The molecule has 0 bridgehead atoms. The number of pyridine rings is 1. The third-order valence-corrected chi connectivity index (χ3v) is 4.65. The summed E-state index contributed by atoms with van der Waals surface area (Å²) in [5.41, 5.74) is 7.01. The number of aromatic nitrogens is 1. The molecule has 0 unspecified atom stereocenters. The Morgan fingerprint density at radius 3 is 2.29 bits per heavy atom. The second-order valence-electron chi connectivity index (χ2n) is 6.32. The number of anilines is 2. The van der Waals surface area contributed by atoms with Gasteiger partial charge >= 0.3 is 0 Å². The van der Waals surface area contributed by atoms with Crippen molar-refractivity contribution in [1.82, 2.24) is 4.98 Å². The van der Waals surface area contributed by atoms with Gasteiger partial charge in [0.25, 0.3) is 5.91 Å². The van der Waals surface area contributed by atoms with E-state index in [1.807, 2.05) is 0 Å². The summed E-state index contributed by atoms with van der Waals surface area (Å²) in [4.78, 5) is 28.8. The number of rotatable bonds is 5. The number of benzene rings is 1. The number of amides is 2. The molecule has 3 rings (SSSR count). The fourth-order valence-corrected chi connectivity index (χ4v) is 2.89. The number of hydrogen-bond acceptors (Lipinski definition) is 5. The maximum absolute atomic E-state index is 12.6. The van der Waals surface area contributed by atoms with Gasteiger partial charge in [-0.25, -0.2) is 0 Å². The van der Waals surface area contributed by atoms with Gasteiger partial charge < -0.3 is 21.1 Å². The van der Waals surface area contributed by atoms with Gasteiger partial charge in [-0.15, -0.1) is 24.8 Å². The molecule has 1 saturated heterocycles. The summed E-state index contributed by atoms with van der Waals surface area (Å²) in [6.45, 7) is 1.37. The van der Waals surface area contributed by atoms with Crippen molar-refractivity contribution in [3.63, 3.8) is 0 Å². The van der Waals surface area contributed by atoms with Gasteiger partial charge in [-0.3, -0.25) is 14.6 Å². The van der Waals surface area contributed by atoms with E-state index in [9.17, 15) is 9.59 Å². The molecular weight excluding hydrogens is 403 g/mol. The van der Waals surface area contributed by atoms with E-state index >= 15 is 0 Å². The highest BCUT2D eigenvalue weighted by Gasteiger charge is 2.38. The Balaban J connectivity index is 0.00000196. The van der Waals surface area contributed by atoms with Gasteiger partial charge in [0.15, 0.2) is 0 Å². The van der Waals surface area contributed by atoms with Crippen LogP contribution in [-0.2, 0) is 9.53 Å². The molecule has 2 amide bonds. The van der Waals surface area contributed by atoms with Gasteiger partial charge in [-0.05, 0) is 49.2 Å². The van der Waals surface area contributed by atoms with Crippen molar-refractivity contribution >= 4 is 48.0 Å². The van der Waals surface area contributed by atoms with Crippen LogP contribution in [0.3, 0.4) is 0 Å². The molecule has 1 aliphatic rings. The van der Waals surface area contributed by atoms with Gasteiger partial charge in [0.1, 0.15) is 0 Å². The lowest BCUT2D eigenvalue weighted by molar-refractivity contribution is -0.130. The summed E-state index contributed by atoms with van der Waals surface area (Å²) in [6, 6.07) is 10.3. The Kier molecular flexibility index (Phi) is 9.34. The minimum atomic E-state index is -0.589. The number of hydrogen-bond donors (Lipinski definition) is 3. The minimum Gasteiger partial charge on any atom is -0.381 e. The van der Waals surface area contributed by atoms with E-state index < -0.39 is 5.41 Å². The summed E-state index contributed by atoms with van der Waals surface area (Å²) in [6.07, 6.45) is 4.44. The molecule has 1 aromatic heterocycles. The molecule has 0 saturated carbocycles. The number of carbonyl (C=O) groups excluding carboxylic acids is 2. The van der Waals surface area contributed by atoms with Gasteiger partial charge in [0.2, 0.25) is 5.91 Å². The molecule has 2 heterocycles. The van der Waals surface area contributed by atoms with Crippen molar-refractivity contribution in [2.75, 3.05) is 30.4 Å². The Morgan fingerprint density at radius 1 is 1.04 bits per heavy atom. The Hall–Kier alpha value is -2.19. The van der Waals surface area contributed by atoms with E-state index in [4.69, 9.17) is 10.5 Å². The molecule has 28 heavy (non-hydrogen) atoms. The first kappa shape index (κ1) is 23.8. The molecule has 1 aliphatic heterocycles. The number of nitrogens with zero attached hydrogens (tertiary/aromatic N) is 1. The number of nitrogens with one attached hydrogen (secondary N) is 2. The lowest BCUT2D eigenvalue weighted by Gasteiger charge is -2.34. The largest absolute Gasteiger partial charge is 0.381 e. The molecule has 0 spiro atoms. The van der Waals surface area contributed by atoms with E-state index in [1.54, 1.807) is 48.8 Å². The lowest BCUT2D eigenvalue weighted by atomic mass is 9.79. The summed E-state index contributed by atoms with van der Waals surface area (Å²) >= 11 is 0. The third-order valence-electron chi connectivity index (χ3n) is 4.65. The van der Waals surface area contributed by atoms with Crippen molar-refractivity contribution in [2.45, 2.75) is 12.8 Å². The first-order chi connectivity index (χ1) is 12.6. The number of carbonyl (C=O) groups is 2. The topological polar surface area (TPSA) is 106 Å². The standard InChI is InChI=1S/C19H22N4O3.2ClH/c20-13-19(7-10-26-11-8-19)18(25)23-15-5-3-14(4-6-15)17(24)22-16-2-1-9-21-12-16;;/h1-6,9,12H,7-8,10-11,13,20H2,(H,22,24)(H,23,25);2*1H. The first-order valence-corrected chi connectivity index (χ1v) is 8.54. The van der Waals surface area contributed by atoms with E-state index in [0.717, 1.165) is 0 Å². The highest BCUT2D eigenvalue weighted by Crippen LogP contribution is 2.31. The molecule has 152 valence electrons. The average Bonchev–Trinajstić information content (AvgIpc) is 2.69. The Morgan fingerprint density at radius 2 is 1.71 bits per heavy atom. The summed E-state index contributed by atoms with van der Waals surface area (Å²) in [5.74, 6) is -0.338. The monoisotopic (exact) mass is 426 g/mol. The van der Waals surface area contributed by atoms with Gasteiger partial charge in [-0.1, -0.05) is 0 Å². The zero-order valence-electron chi connectivity index (χ0n) is 15.2. The Labute approximate surface area is 176 Å². The summed E-state index contributed by atoms with van der Waals surface area (Å²) < 4.78 is 5.33. The predicted octanol–water partition coefficient (Wildman–Crippen LogP) is 2.87. The lowest BCUT2D eigenvalue weighted by Crippen LogP contribution is -2.46. The molecule has 7 nitrogen and oxygen atoms in total. The number of ether oxygens (including phenoxy) is 1. The molecule has 0 aliphatic carbocycles. The normalized spacial score (nSPS) is 14.8.